The number of carboxylic acids is 1. The second kappa shape index (κ2) is 8.36. The summed E-state index contributed by atoms with van der Waals surface area (Å²) >= 11 is 0. The van der Waals surface area contributed by atoms with Crippen LogP contribution in [0.25, 0.3) is 0 Å². The van der Waals surface area contributed by atoms with Crippen molar-refractivity contribution in [3.8, 4) is 0 Å². The number of rotatable bonds is 5. The van der Waals surface area contributed by atoms with Crippen LogP contribution in [0.3, 0.4) is 0 Å². The van der Waals surface area contributed by atoms with Crippen LogP contribution in [0.2, 0.25) is 0 Å². The minimum Gasteiger partial charge on any atom is -0.481 e. The van der Waals surface area contributed by atoms with Crippen molar-refractivity contribution in [2.75, 3.05) is 31.1 Å². The van der Waals surface area contributed by atoms with Gasteiger partial charge in [-0.15, -0.1) is 0 Å². The first kappa shape index (κ1) is 19.0. The van der Waals surface area contributed by atoms with Gasteiger partial charge < -0.3 is 14.9 Å². The van der Waals surface area contributed by atoms with E-state index < -0.39 is 5.97 Å². The van der Waals surface area contributed by atoms with Crippen molar-refractivity contribution in [3.05, 3.63) is 59.7 Å². The fourth-order valence-electron chi connectivity index (χ4n) is 4.80. The molecule has 0 amide bonds. The van der Waals surface area contributed by atoms with E-state index in [-0.39, 0.29) is 5.92 Å². The summed E-state index contributed by atoms with van der Waals surface area (Å²) in [4.78, 5) is 16.2. The number of aliphatic carboxylic acids is 1. The molecule has 0 spiro atoms. The number of anilines is 2. The first-order valence-electron chi connectivity index (χ1n) is 10.5. The lowest BCUT2D eigenvalue weighted by molar-refractivity contribution is -0.143. The molecule has 1 saturated heterocycles. The van der Waals surface area contributed by atoms with Gasteiger partial charge in [-0.25, -0.2) is 0 Å². The number of aryl methyl sites for hydroxylation is 2. The molecule has 1 fully saturated rings. The molecule has 0 saturated carbocycles. The highest BCUT2D eigenvalue weighted by molar-refractivity contribution is 5.71. The number of hydrogen-bond acceptors (Lipinski definition) is 3. The summed E-state index contributed by atoms with van der Waals surface area (Å²) in [5, 5.41) is 9.37. The van der Waals surface area contributed by atoms with Crippen molar-refractivity contribution in [2.24, 2.45) is 11.8 Å². The molecule has 0 radical (unpaired) electrons. The maximum atomic E-state index is 11.4. The van der Waals surface area contributed by atoms with E-state index in [2.05, 4.69) is 65.3 Å². The van der Waals surface area contributed by atoms with Crippen LogP contribution >= 0.6 is 0 Å². The fraction of sp³-hybridized carbons (Fsp3) is 0.458. The van der Waals surface area contributed by atoms with Gasteiger partial charge in [0, 0.05) is 31.0 Å². The van der Waals surface area contributed by atoms with Gasteiger partial charge in [0.1, 0.15) is 0 Å². The van der Waals surface area contributed by atoms with Crippen LogP contribution in [0.4, 0.5) is 11.4 Å². The Balaban J connectivity index is 1.53. The Hall–Kier alpha value is -2.33. The van der Waals surface area contributed by atoms with Crippen LogP contribution < -0.4 is 4.90 Å². The molecular weight excluding hydrogens is 348 g/mol. The highest BCUT2D eigenvalue weighted by Crippen LogP contribution is 2.36. The number of likely N-dealkylation sites (tertiary alicyclic amines) is 1. The second-order valence-corrected chi connectivity index (χ2v) is 8.41. The van der Waals surface area contributed by atoms with E-state index in [4.69, 9.17) is 0 Å². The van der Waals surface area contributed by atoms with Gasteiger partial charge in [-0.2, -0.15) is 0 Å². The largest absolute Gasteiger partial charge is 0.481 e. The highest BCUT2D eigenvalue weighted by atomic mass is 16.4. The lowest BCUT2D eigenvalue weighted by Gasteiger charge is -2.35. The summed E-state index contributed by atoms with van der Waals surface area (Å²) in [6.45, 7) is 5.89. The Kier molecular flexibility index (Phi) is 5.67. The van der Waals surface area contributed by atoms with Gasteiger partial charge in [-0.05, 0) is 61.4 Å². The number of para-hydroxylation sites is 2. The van der Waals surface area contributed by atoms with E-state index in [0.717, 1.165) is 45.3 Å². The average molecular weight is 379 g/mol. The van der Waals surface area contributed by atoms with Gasteiger partial charge in [-0.3, -0.25) is 4.79 Å². The smallest absolute Gasteiger partial charge is 0.307 e. The van der Waals surface area contributed by atoms with Crippen LogP contribution in [0.1, 0.15) is 30.9 Å². The fourth-order valence-corrected chi connectivity index (χ4v) is 4.80. The Morgan fingerprint density at radius 1 is 1.04 bits per heavy atom. The zero-order valence-corrected chi connectivity index (χ0v) is 16.7. The van der Waals surface area contributed by atoms with Crippen LogP contribution in [0, 0.1) is 11.8 Å². The molecule has 2 atom stereocenters. The number of benzene rings is 2. The van der Waals surface area contributed by atoms with Crippen molar-refractivity contribution in [2.45, 2.75) is 32.6 Å². The Bertz CT molecular complexity index is 787. The van der Waals surface area contributed by atoms with E-state index in [1.165, 1.54) is 22.5 Å². The maximum Gasteiger partial charge on any atom is 0.307 e. The Labute approximate surface area is 167 Å². The third-order valence-corrected chi connectivity index (χ3v) is 6.15. The quantitative estimate of drug-likeness (QED) is 0.840. The molecule has 4 nitrogen and oxygen atoms in total. The first-order valence-corrected chi connectivity index (χ1v) is 10.5. The minimum absolute atomic E-state index is 0.208. The molecule has 0 bridgehead atoms. The Morgan fingerprint density at radius 2 is 1.64 bits per heavy atom. The summed E-state index contributed by atoms with van der Waals surface area (Å²) in [7, 11) is 0. The van der Waals surface area contributed by atoms with Gasteiger partial charge >= 0.3 is 5.97 Å². The normalized spacial score (nSPS) is 20.8. The molecule has 2 aromatic carbocycles. The molecule has 148 valence electrons. The number of fused-ring (bicyclic) bond motifs is 2. The molecule has 4 rings (SSSR count). The summed E-state index contributed by atoms with van der Waals surface area (Å²) in [6.07, 6.45) is 3.95. The molecule has 28 heavy (non-hydrogen) atoms. The van der Waals surface area contributed by atoms with Crippen molar-refractivity contribution in [1.82, 2.24) is 4.90 Å². The van der Waals surface area contributed by atoms with Gasteiger partial charge in [0.25, 0.3) is 0 Å². The Morgan fingerprint density at radius 3 is 2.25 bits per heavy atom. The highest BCUT2D eigenvalue weighted by Gasteiger charge is 2.27. The van der Waals surface area contributed by atoms with Crippen LogP contribution in [-0.2, 0) is 17.6 Å². The van der Waals surface area contributed by atoms with Gasteiger partial charge in [0.2, 0.25) is 0 Å². The third kappa shape index (κ3) is 4.07. The summed E-state index contributed by atoms with van der Waals surface area (Å²) in [5.74, 6) is -0.403. The molecule has 2 heterocycles. The zero-order valence-electron chi connectivity index (χ0n) is 16.7. The SMILES string of the molecule is CC(CN1CCCC(C(=O)O)C1)CN1c2ccccc2CCc2ccccc21. The zero-order chi connectivity index (χ0) is 19.5. The molecule has 0 aromatic heterocycles. The monoisotopic (exact) mass is 378 g/mol. The summed E-state index contributed by atoms with van der Waals surface area (Å²) < 4.78 is 0. The molecule has 4 heteroatoms. The van der Waals surface area contributed by atoms with E-state index >= 15 is 0 Å². The molecule has 2 aliphatic rings. The molecular formula is C24H30N2O2. The number of nitrogens with zero attached hydrogens (tertiary/aromatic N) is 2. The molecule has 1 N–H and O–H groups in total. The molecule has 2 unspecified atom stereocenters. The molecule has 0 aliphatic carbocycles. The van der Waals surface area contributed by atoms with E-state index in [0.29, 0.717) is 12.5 Å². The topological polar surface area (TPSA) is 43.8 Å². The number of piperidine rings is 1. The van der Waals surface area contributed by atoms with Crippen LogP contribution in [0.5, 0.6) is 0 Å². The lowest BCUT2D eigenvalue weighted by Crippen LogP contribution is -2.42. The minimum atomic E-state index is -0.646. The van der Waals surface area contributed by atoms with Crippen molar-refractivity contribution >= 4 is 17.3 Å². The average Bonchev–Trinajstić information content (AvgIpc) is 2.86. The van der Waals surface area contributed by atoms with E-state index in [1.54, 1.807) is 0 Å². The van der Waals surface area contributed by atoms with Crippen LogP contribution in [-0.4, -0.2) is 42.2 Å². The molecule has 2 aliphatic heterocycles. The number of carboxylic acid groups (broad SMARTS) is 1. The predicted molar refractivity (Wildman–Crippen MR) is 113 cm³/mol. The second-order valence-electron chi connectivity index (χ2n) is 8.41. The standard InChI is InChI=1S/C24H30N2O2/c1-18(15-25-14-6-9-21(17-25)24(27)28)16-26-22-10-4-2-7-19(22)12-13-20-8-3-5-11-23(20)26/h2-5,7-8,10-11,18,21H,6,9,12-17H2,1H3,(H,27,28). The number of hydrogen-bond donors (Lipinski definition) is 1. The lowest BCUT2D eigenvalue weighted by atomic mass is 9.97. The predicted octanol–water partition coefficient (Wildman–Crippen LogP) is 4.36. The molecule has 2 aromatic rings. The van der Waals surface area contributed by atoms with E-state index in [9.17, 15) is 9.90 Å². The number of carbonyl (C=O) groups is 1. The first-order chi connectivity index (χ1) is 13.6. The van der Waals surface area contributed by atoms with Crippen molar-refractivity contribution in [1.29, 1.82) is 0 Å². The summed E-state index contributed by atoms with van der Waals surface area (Å²) in [6, 6.07) is 17.5. The summed E-state index contributed by atoms with van der Waals surface area (Å²) in [5.41, 5.74) is 5.47. The van der Waals surface area contributed by atoms with Crippen molar-refractivity contribution in [3.63, 3.8) is 0 Å². The third-order valence-electron chi connectivity index (χ3n) is 6.15. The van der Waals surface area contributed by atoms with Gasteiger partial charge in [0.05, 0.1) is 5.92 Å². The van der Waals surface area contributed by atoms with Crippen LogP contribution in [0.15, 0.2) is 48.5 Å². The van der Waals surface area contributed by atoms with Gasteiger partial charge in [-0.1, -0.05) is 43.3 Å². The van der Waals surface area contributed by atoms with Gasteiger partial charge in [0.15, 0.2) is 0 Å². The maximum absolute atomic E-state index is 11.4. The van der Waals surface area contributed by atoms with Crippen molar-refractivity contribution < 1.29 is 9.90 Å². The van der Waals surface area contributed by atoms with E-state index in [1.807, 2.05) is 0 Å².